The Bertz CT molecular complexity index is 974. The normalized spacial score (nSPS) is 15.3. The van der Waals surface area contributed by atoms with Gasteiger partial charge in [0.25, 0.3) is 5.91 Å². The molecule has 2 aromatic carbocycles. The predicted octanol–water partition coefficient (Wildman–Crippen LogP) is 2.43. The molecule has 2 aromatic rings. The minimum absolute atomic E-state index is 0.0138. The molecule has 0 N–H and O–H groups in total. The molecular formula is C19H19N3O3S2. The Morgan fingerprint density at radius 3 is 2.26 bits per heavy atom. The molecule has 6 nitrogen and oxygen atoms in total. The van der Waals surface area contributed by atoms with Crippen molar-refractivity contribution in [3.05, 3.63) is 59.7 Å². The Kier molecular flexibility index (Phi) is 5.85. The zero-order valence-electron chi connectivity index (χ0n) is 14.8. The van der Waals surface area contributed by atoms with Crippen LogP contribution in [0.4, 0.5) is 0 Å². The van der Waals surface area contributed by atoms with Gasteiger partial charge in [0.1, 0.15) is 6.07 Å². The van der Waals surface area contributed by atoms with E-state index < -0.39 is 10.0 Å². The second-order valence-corrected chi connectivity index (χ2v) is 8.82. The van der Waals surface area contributed by atoms with Crippen LogP contribution in [0.3, 0.4) is 0 Å². The van der Waals surface area contributed by atoms with Crippen molar-refractivity contribution in [3.63, 3.8) is 0 Å². The van der Waals surface area contributed by atoms with Gasteiger partial charge in [0.15, 0.2) is 0 Å². The van der Waals surface area contributed by atoms with E-state index in [2.05, 4.69) is 0 Å². The SMILES string of the molecule is CSc1ccc(C(=O)N2CCN(S(=O)(=O)c3ccccc3C#N)CC2)cc1. The number of hydrogen-bond donors (Lipinski definition) is 0. The molecule has 1 heterocycles. The number of hydrogen-bond acceptors (Lipinski definition) is 5. The van der Waals surface area contributed by atoms with Crippen molar-refractivity contribution >= 4 is 27.7 Å². The average Bonchev–Trinajstić information content (AvgIpc) is 2.73. The summed E-state index contributed by atoms with van der Waals surface area (Å²) in [7, 11) is -3.76. The first kappa shape index (κ1) is 19.4. The predicted molar refractivity (Wildman–Crippen MR) is 104 cm³/mol. The van der Waals surface area contributed by atoms with Crippen LogP contribution >= 0.6 is 11.8 Å². The lowest BCUT2D eigenvalue weighted by atomic mass is 10.2. The topological polar surface area (TPSA) is 81.5 Å². The van der Waals surface area contributed by atoms with Crippen LogP contribution < -0.4 is 0 Å². The molecule has 27 heavy (non-hydrogen) atoms. The molecule has 0 radical (unpaired) electrons. The van der Waals surface area contributed by atoms with Gasteiger partial charge in [-0.05, 0) is 42.7 Å². The summed E-state index contributed by atoms with van der Waals surface area (Å²) in [4.78, 5) is 15.4. The van der Waals surface area contributed by atoms with Gasteiger partial charge in [0.05, 0.1) is 10.5 Å². The first-order valence-electron chi connectivity index (χ1n) is 8.40. The van der Waals surface area contributed by atoms with Crippen LogP contribution in [0.5, 0.6) is 0 Å². The van der Waals surface area contributed by atoms with Crippen molar-refractivity contribution in [1.82, 2.24) is 9.21 Å². The molecule has 1 amide bonds. The second-order valence-electron chi connectivity index (χ2n) is 6.03. The van der Waals surface area contributed by atoms with E-state index in [1.807, 2.05) is 24.5 Å². The van der Waals surface area contributed by atoms with E-state index in [0.29, 0.717) is 18.7 Å². The maximum absolute atomic E-state index is 12.9. The zero-order chi connectivity index (χ0) is 19.4. The number of nitrogens with zero attached hydrogens (tertiary/aromatic N) is 3. The lowest BCUT2D eigenvalue weighted by Crippen LogP contribution is -2.50. The molecule has 0 unspecified atom stereocenters. The van der Waals surface area contributed by atoms with Gasteiger partial charge in [-0.1, -0.05) is 12.1 Å². The van der Waals surface area contributed by atoms with Crippen LogP contribution in [0.15, 0.2) is 58.3 Å². The summed E-state index contributed by atoms with van der Waals surface area (Å²) in [6.45, 7) is 1.04. The van der Waals surface area contributed by atoms with Crippen molar-refractivity contribution in [2.75, 3.05) is 32.4 Å². The monoisotopic (exact) mass is 401 g/mol. The van der Waals surface area contributed by atoms with E-state index in [1.165, 1.54) is 16.4 Å². The first-order chi connectivity index (χ1) is 13.0. The van der Waals surface area contributed by atoms with Crippen LogP contribution in [0.2, 0.25) is 0 Å². The number of carbonyl (C=O) groups excluding carboxylic acids is 1. The molecule has 8 heteroatoms. The van der Waals surface area contributed by atoms with Crippen LogP contribution in [-0.2, 0) is 10.0 Å². The van der Waals surface area contributed by atoms with Gasteiger partial charge in [0.2, 0.25) is 10.0 Å². The summed E-state index contributed by atoms with van der Waals surface area (Å²) >= 11 is 1.61. The van der Waals surface area contributed by atoms with Gasteiger partial charge in [-0.25, -0.2) is 8.42 Å². The van der Waals surface area contributed by atoms with Gasteiger partial charge in [-0.3, -0.25) is 4.79 Å². The van der Waals surface area contributed by atoms with E-state index >= 15 is 0 Å². The van der Waals surface area contributed by atoms with Crippen molar-refractivity contribution in [2.24, 2.45) is 0 Å². The lowest BCUT2D eigenvalue weighted by Gasteiger charge is -2.34. The molecule has 0 spiro atoms. The fourth-order valence-electron chi connectivity index (χ4n) is 2.97. The van der Waals surface area contributed by atoms with E-state index in [-0.39, 0.29) is 29.5 Å². The fraction of sp³-hybridized carbons (Fsp3) is 0.263. The second kappa shape index (κ2) is 8.13. The summed E-state index contributed by atoms with van der Waals surface area (Å²) < 4.78 is 27.0. The molecule has 0 aliphatic carbocycles. The number of nitriles is 1. The van der Waals surface area contributed by atoms with Crippen LogP contribution in [-0.4, -0.2) is 56.0 Å². The molecule has 0 saturated carbocycles. The van der Waals surface area contributed by atoms with E-state index in [4.69, 9.17) is 0 Å². The quantitative estimate of drug-likeness (QED) is 0.735. The third kappa shape index (κ3) is 4.00. The molecular weight excluding hydrogens is 382 g/mol. The maximum Gasteiger partial charge on any atom is 0.253 e. The minimum atomic E-state index is -3.76. The number of carbonyl (C=O) groups is 1. The Labute approximate surface area is 163 Å². The molecule has 1 fully saturated rings. The molecule has 0 aromatic heterocycles. The standard InChI is InChI=1S/C19H19N3O3S2/c1-26-17-8-6-15(7-9-17)19(23)21-10-12-22(13-11-21)27(24,25)18-5-3-2-4-16(18)14-20/h2-9H,10-13H2,1H3. The molecule has 140 valence electrons. The highest BCUT2D eigenvalue weighted by atomic mass is 32.2. The smallest absolute Gasteiger partial charge is 0.253 e. The molecule has 1 aliphatic rings. The van der Waals surface area contributed by atoms with Gasteiger partial charge in [-0.15, -0.1) is 11.8 Å². The van der Waals surface area contributed by atoms with Crippen molar-refractivity contribution in [1.29, 1.82) is 5.26 Å². The molecule has 0 atom stereocenters. The molecule has 0 bridgehead atoms. The Morgan fingerprint density at radius 2 is 1.67 bits per heavy atom. The Morgan fingerprint density at radius 1 is 1.04 bits per heavy atom. The number of amides is 1. The van der Waals surface area contributed by atoms with Crippen LogP contribution in [0, 0.1) is 11.3 Å². The first-order valence-corrected chi connectivity index (χ1v) is 11.1. The Balaban J connectivity index is 1.71. The Hall–Kier alpha value is -2.34. The average molecular weight is 402 g/mol. The number of benzene rings is 2. The zero-order valence-corrected chi connectivity index (χ0v) is 16.5. The van der Waals surface area contributed by atoms with Crippen LogP contribution in [0.1, 0.15) is 15.9 Å². The van der Waals surface area contributed by atoms with E-state index in [9.17, 15) is 18.5 Å². The summed E-state index contributed by atoms with van der Waals surface area (Å²) in [6.07, 6.45) is 1.97. The third-order valence-corrected chi connectivity index (χ3v) is 7.19. The maximum atomic E-state index is 12.9. The number of sulfonamides is 1. The summed E-state index contributed by atoms with van der Waals surface area (Å²) in [5.74, 6) is -0.0999. The van der Waals surface area contributed by atoms with Gasteiger partial charge < -0.3 is 4.90 Å². The fourth-order valence-corrected chi connectivity index (χ4v) is 4.94. The molecule has 1 aliphatic heterocycles. The van der Waals surface area contributed by atoms with E-state index in [0.717, 1.165) is 4.90 Å². The largest absolute Gasteiger partial charge is 0.336 e. The van der Waals surface area contributed by atoms with Crippen molar-refractivity contribution < 1.29 is 13.2 Å². The highest BCUT2D eigenvalue weighted by Gasteiger charge is 2.31. The number of thioether (sulfide) groups is 1. The lowest BCUT2D eigenvalue weighted by molar-refractivity contribution is 0.0698. The summed E-state index contributed by atoms with van der Waals surface area (Å²) in [5, 5.41) is 9.17. The number of piperazine rings is 1. The highest BCUT2D eigenvalue weighted by Crippen LogP contribution is 2.22. The van der Waals surface area contributed by atoms with Crippen molar-refractivity contribution in [2.45, 2.75) is 9.79 Å². The van der Waals surface area contributed by atoms with Gasteiger partial charge >= 0.3 is 0 Å². The van der Waals surface area contributed by atoms with E-state index in [1.54, 1.807) is 40.9 Å². The summed E-state index contributed by atoms with van der Waals surface area (Å²) in [5.41, 5.74) is 0.726. The minimum Gasteiger partial charge on any atom is -0.336 e. The highest BCUT2D eigenvalue weighted by molar-refractivity contribution is 7.98. The van der Waals surface area contributed by atoms with Crippen LogP contribution in [0.25, 0.3) is 0 Å². The molecule has 3 rings (SSSR count). The van der Waals surface area contributed by atoms with Gasteiger partial charge in [0, 0.05) is 36.6 Å². The van der Waals surface area contributed by atoms with Crippen molar-refractivity contribution in [3.8, 4) is 6.07 Å². The summed E-state index contributed by atoms with van der Waals surface area (Å²) in [6, 6.07) is 15.5. The van der Waals surface area contributed by atoms with Gasteiger partial charge in [-0.2, -0.15) is 9.57 Å². The number of rotatable bonds is 4. The third-order valence-electron chi connectivity index (χ3n) is 4.49. The molecule has 1 saturated heterocycles.